The van der Waals surface area contributed by atoms with Gasteiger partial charge in [-0.25, -0.2) is 4.79 Å². The third-order valence-electron chi connectivity index (χ3n) is 17.3. The maximum absolute atomic E-state index is 12.9. The first-order valence-electron chi connectivity index (χ1n) is 32.8. The van der Waals surface area contributed by atoms with Crippen molar-refractivity contribution in [3.8, 4) is 64.7 Å². The average Bonchev–Trinajstić information content (AvgIpc) is 1.69. The van der Waals surface area contributed by atoms with Crippen molar-refractivity contribution in [2.45, 2.75) is 155 Å². The van der Waals surface area contributed by atoms with Crippen molar-refractivity contribution in [2.75, 3.05) is 39.3 Å². The molecular weight excluding hydrogens is 1370 g/mol. The van der Waals surface area contributed by atoms with E-state index in [0.717, 1.165) is 121 Å². The predicted molar refractivity (Wildman–Crippen MR) is 409 cm³/mol. The van der Waals surface area contributed by atoms with Gasteiger partial charge in [-0.15, -0.1) is 46.4 Å². The van der Waals surface area contributed by atoms with Gasteiger partial charge in [-0.2, -0.15) is 0 Å². The number of nitrogens with zero attached hydrogens (tertiary/aromatic N) is 5. The molecule has 3 aliphatic rings. The maximum atomic E-state index is 12.9. The molecule has 20 heteroatoms. The van der Waals surface area contributed by atoms with Gasteiger partial charge in [-0.1, -0.05) is 115 Å². The molecule has 9 heterocycles. The number of likely N-dealkylation sites (tertiary alicyclic amines) is 2. The van der Waals surface area contributed by atoms with E-state index in [1.165, 1.54) is 6.07 Å². The number of carbonyl (C=O) groups is 3. The second kappa shape index (κ2) is 32.1. The summed E-state index contributed by atoms with van der Waals surface area (Å²) in [4.78, 5) is 57.0. The summed E-state index contributed by atoms with van der Waals surface area (Å²) in [5, 5.41) is 50.0. The Morgan fingerprint density at radius 2 is 0.786 bits per heavy atom. The van der Waals surface area contributed by atoms with Gasteiger partial charge in [0.15, 0.2) is 0 Å². The van der Waals surface area contributed by atoms with E-state index in [0.29, 0.717) is 65.2 Å². The molecule has 3 fully saturated rings. The number of thiophene rings is 3. The lowest BCUT2D eigenvalue weighted by molar-refractivity contribution is -0.0107. The number of aliphatic hydroxyl groups is 3. The Morgan fingerprint density at radius 3 is 1.06 bits per heavy atom. The highest BCUT2D eigenvalue weighted by Crippen LogP contribution is 2.42. The van der Waals surface area contributed by atoms with E-state index in [-0.39, 0.29) is 46.0 Å². The van der Waals surface area contributed by atoms with Gasteiger partial charge in [-0.3, -0.25) is 24.5 Å². The normalized spacial score (nSPS) is 18.8. The summed E-state index contributed by atoms with van der Waals surface area (Å²) in [7, 11) is 0. The summed E-state index contributed by atoms with van der Waals surface area (Å²) in [6, 6.07) is 34.6. The van der Waals surface area contributed by atoms with Gasteiger partial charge in [0.2, 0.25) is 0 Å². The number of hydrogen-bond acceptors (Lipinski definition) is 13. The lowest BCUT2D eigenvalue weighted by Gasteiger charge is -2.36. The fraction of sp³-hybridized carbons (Fsp3) is 0.385. The minimum Gasteiger partial charge on any atom is -0.478 e. The van der Waals surface area contributed by atoms with Gasteiger partial charge in [0.05, 0.1) is 37.4 Å². The van der Waals surface area contributed by atoms with Crippen LogP contribution in [-0.2, 0) is 16.2 Å². The molecule has 5 N–H and O–H groups in total. The van der Waals surface area contributed by atoms with E-state index >= 15 is 0 Å². The Morgan fingerprint density at radius 1 is 0.459 bits per heavy atom. The number of hydrogen-bond donors (Lipinski definition) is 5. The van der Waals surface area contributed by atoms with E-state index in [4.69, 9.17) is 39.9 Å². The summed E-state index contributed by atoms with van der Waals surface area (Å²) in [5.74, 6) is -1.15. The first kappa shape index (κ1) is 77.4. The van der Waals surface area contributed by atoms with Crippen LogP contribution >= 0.6 is 81.2 Å². The smallest absolute Gasteiger partial charge is 0.335 e. The van der Waals surface area contributed by atoms with Crippen LogP contribution in [0.3, 0.4) is 0 Å². The van der Waals surface area contributed by atoms with E-state index in [9.17, 15) is 29.7 Å². The van der Waals surface area contributed by atoms with Gasteiger partial charge < -0.3 is 35.5 Å². The summed E-state index contributed by atoms with van der Waals surface area (Å²) in [6.45, 7) is 28.6. The fourth-order valence-corrected chi connectivity index (χ4v) is 15.6. The second-order valence-electron chi connectivity index (χ2n) is 29.5. The Bertz CT molecular complexity index is 4080. The van der Waals surface area contributed by atoms with Crippen LogP contribution in [0.1, 0.15) is 170 Å². The number of aromatic carboxylic acids is 1. The third-order valence-corrected chi connectivity index (χ3v) is 21.2. The summed E-state index contributed by atoms with van der Waals surface area (Å²) < 4.78 is 0. The van der Waals surface area contributed by atoms with Crippen LogP contribution in [0.2, 0.25) is 15.1 Å². The number of carboxylic acids is 1. The molecule has 12 rings (SSSR count). The zero-order chi connectivity index (χ0) is 70.4. The number of β-amino-alcohol motifs (C(OH)–C–C–N with tert-alkyl or cyclic N) is 3. The molecule has 3 atom stereocenters. The third kappa shape index (κ3) is 20.4. The molecule has 13 nitrogen and oxygen atoms in total. The Hall–Kier alpha value is -6.38. The molecule has 0 bridgehead atoms. The minimum absolute atomic E-state index is 0. The fourth-order valence-electron chi connectivity index (χ4n) is 11.7. The molecule has 2 unspecified atom stereocenters. The number of amides is 2. The van der Waals surface area contributed by atoms with Crippen LogP contribution in [0.5, 0.6) is 0 Å². The number of nitrogens with one attached hydrogen (secondary N) is 1. The molecule has 3 aromatic carbocycles. The zero-order valence-electron chi connectivity index (χ0n) is 57.9. The highest BCUT2D eigenvalue weighted by atomic mass is 35.5. The predicted octanol–water partition coefficient (Wildman–Crippen LogP) is 19.5. The van der Waals surface area contributed by atoms with Crippen molar-refractivity contribution in [2.24, 2.45) is 0 Å². The van der Waals surface area contributed by atoms with Crippen LogP contribution < -0.4 is 5.32 Å². The quantitative estimate of drug-likeness (QED) is 0.0925. The molecule has 98 heavy (non-hydrogen) atoms. The first-order valence-corrected chi connectivity index (χ1v) is 36.6. The SMILES string of the molecule is CC(C)(C)c1cc(-c2csc(-c3ccc(C(=O)N4CCC[C@](C)(O)C4)cc3Cl)c2)ccn1.CC(C)(C)c1cc(-c2csc(-c3ccc(C(=O)O)cc3Cl)c2)ccn1.CC1(O)CCCN(C(=O)c2ccc(-c3cc(-c4ccnc(C(C)(C)C)c4)cs3)c(Cl)c2)C1.CC1(O)CCCNC1.Cl. The number of aromatic nitrogens is 3. The van der Waals surface area contributed by atoms with E-state index in [2.05, 4.69) is 135 Å². The molecule has 3 aliphatic heterocycles. The van der Waals surface area contributed by atoms with Gasteiger partial charge in [0.25, 0.3) is 11.8 Å². The van der Waals surface area contributed by atoms with Crippen molar-refractivity contribution < 1.29 is 34.8 Å². The molecule has 9 aromatic rings. The largest absolute Gasteiger partial charge is 0.478 e. The first-order chi connectivity index (χ1) is 45.5. The number of rotatable bonds is 9. The molecule has 0 saturated carbocycles. The lowest BCUT2D eigenvalue weighted by atomic mass is 9.90. The summed E-state index contributed by atoms with van der Waals surface area (Å²) in [5.41, 5.74) is 11.7. The number of carbonyl (C=O) groups excluding carboxylic acids is 2. The number of piperidine rings is 3. The zero-order valence-corrected chi connectivity index (χ0v) is 63.4. The van der Waals surface area contributed by atoms with Crippen LogP contribution in [0.4, 0.5) is 0 Å². The van der Waals surface area contributed by atoms with Crippen LogP contribution in [0, 0.1) is 0 Å². The Kier molecular flexibility index (Phi) is 25.3. The van der Waals surface area contributed by atoms with Crippen molar-refractivity contribution >= 4 is 99.0 Å². The van der Waals surface area contributed by atoms with Crippen LogP contribution in [0.25, 0.3) is 64.7 Å². The minimum atomic E-state index is -0.980. The Labute approximate surface area is 610 Å². The molecule has 0 spiro atoms. The summed E-state index contributed by atoms with van der Waals surface area (Å²) in [6.07, 6.45) is 10.6. The molecule has 0 aliphatic carbocycles. The van der Waals surface area contributed by atoms with Gasteiger partial charge in [0, 0.05) is 127 Å². The highest BCUT2D eigenvalue weighted by molar-refractivity contribution is 7.14. The number of halogens is 4. The number of carboxylic acid groups (broad SMARTS) is 1. The van der Waals surface area contributed by atoms with E-state index in [1.807, 2.05) is 68.0 Å². The topological polar surface area (TPSA) is 189 Å². The van der Waals surface area contributed by atoms with E-state index < -0.39 is 22.8 Å². The van der Waals surface area contributed by atoms with Crippen LogP contribution in [-0.4, -0.2) is 119 Å². The van der Waals surface area contributed by atoms with Gasteiger partial charge in [0.1, 0.15) is 0 Å². The monoisotopic (exact) mass is 1460 g/mol. The maximum Gasteiger partial charge on any atom is 0.335 e. The highest BCUT2D eigenvalue weighted by Gasteiger charge is 2.34. The molecule has 0 radical (unpaired) electrons. The number of benzene rings is 3. The lowest BCUT2D eigenvalue weighted by Crippen LogP contribution is -2.48. The van der Waals surface area contributed by atoms with Crippen molar-refractivity contribution in [1.29, 1.82) is 0 Å². The molecule has 6 aromatic heterocycles. The molecule has 2 amide bonds. The van der Waals surface area contributed by atoms with Crippen molar-refractivity contribution in [3.05, 3.63) is 193 Å². The van der Waals surface area contributed by atoms with Gasteiger partial charge in [-0.05, 0) is 206 Å². The van der Waals surface area contributed by atoms with Crippen LogP contribution in [0.15, 0.2) is 144 Å². The number of pyridine rings is 3. The molecular formula is C78H90Cl4N6O7S3. The van der Waals surface area contributed by atoms with Crippen molar-refractivity contribution in [3.63, 3.8) is 0 Å². The molecule has 520 valence electrons. The Balaban J connectivity index is 0.000000177. The van der Waals surface area contributed by atoms with Crippen molar-refractivity contribution in [1.82, 2.24) is 30.1 Å². The standard InChI is InChI=1S/2C26H29ClN2O2S.C20H18ClNO2S.C6H13NO.ClH/c2*1-25(2,3)23-14-17(8-10-28-23)19-13-22(32-15-19)20-7-6-18(12-21(20)27)24(30)29-11-5-9-26(4,31)16-29;1-20(2,3)18-10-12(6-7-22-18)14-9-17(25-11-14)15-5-4-13(19(23)24)8-16(15)21;1-6(8)3-2-4-7-5-6;/h2*6-8,10,12-15,31H,5,9,11,16H2,1-4H3;4-11H,1-3H3,(H,23,24);7-8H,2-5H2,1H3;1H/t26-;;;;/m0..../s1. The summed E-state index contributed by atoms with van der Waals surface area (Å²) >= 11 is 24.4. The molecule has 3 saturated heterocycles. The second-order valence-corrected chi connectivity index (χ2v) is 33.4. The van der Waals surface area contributed by atoms with E-state index in [1.54, 1.807) is 81.9 Å². The average molecular weight is 1460 g/mol. The van der Waals surface area contributed by atoms with Gasteiger partial charge >= 0.3 is 5.97 Å².